The van der Waals surface area contributed by atoms with Gasteiger partial charge in [0.05, 0.1) is 4.47 Å². The van der Waals surface area contributed by atoms with E-state index in [1.165, 1.54) is 23.9 Å². The summed E-state index contributed by atoms with van der Waals surface area (Å²) in [6.07, 6.45) is 2.17. The first-order valence-electron chi connectivity index (χ1n) is 6.10. The summed E-state index contributed by atoms with van der Waals surface area (Å²) >= 11 is 4.55. The molecule has 0 heterocycles. The fraction of sp³-hybridized carbons (Fsp3) is 0.385. The van der Waals surface area contributed by atoms with E-state index in [0.29, 0.717) is 27.9 Å². The Hall–Kier alpha value is -1.28. The first kappa shape index (κ1) is 17.8. The molecule has 1 atom stereocenters. The molecular formula is C13H16BrFN2O3S. The van der Waals surface area contributed by atoms with Crippen molar-refractivity contribution < 1.29 is 19.1 Å². The average molecular weight is 379 g/mol. The van der Waals surface area contributed by atoms with Crippen LogP contribution in [0.3, 0.4) is 0 Å². The van der Waals surface area contributed by atoms with Gasteiger partial charge in [-0.3, -0.25) is 0 Å². The number of aliphatic carboxylic acids is 1. The number of rotatable bonds is 6. The number of carboxylic acids is 1. The summed E-state index contributed by atoms with van der Waals surface area (Å²) in [4.78, 5) is 22.9. The van der Waals surface area contributed by atoms with Gasteiger partial charge in [0.15, 0.2) is 0 Å². The summed E-state index contributed by atoms with van der Waals surface area (Å²) in [6.45, 7) is 1.71. The van der Waals surface area contributed by atoms with Crippen molar-refractivity contribution in [3.8, 4) is 0 Å². The number of carbonyl (C=O) groups excluding carboxylic acids is 1. The fourth-order valence-corrected chi connectivity index (χ4v) is 2.52. The molecule has 0 aromatic heterocycles. The summed E-state index contributed by atoms with van der Waals surface area (Å²) in [5.74, 6) is -0.991. The maximum atomic E-state index is 13.5. The van der Waals surface area contributed by atoms with E-state index in [4.69, 9.17) is 5.11 Å². The molecule has 0 spiro atoms. The normalized spacial score (nSPS) is 11.8. The molecule has 0 saturated heterocycles. The Kier molecular flexibility index (Phi) is 6.97. The minimum atomic E-state index is -1.10. The molecule has 2 amide bonds. The Morgan fingerprint density at radius 1 is 1.48 bits per heavy atom. The molecule has 0 bridgehead atoms. The second kappa shape index (κ2) is 8.23. The van der Waals surface area contributed by atoms with Crippen LogP contribution >= 0.6 is 27.7 Å². The van der Waals surface area contributed by atoms with E-state index in [1.807, 2.05) is 6.26 Å². The fourth-order valence-electron chi connectivity index (χ4n) is 1.59. The largest absolute Gasteiger partial charge is 0.480 e. The average Bonchev–Trinajstić information content (AvgIpc) is 2.40. The van der Waals surface area contributed by atoms with Crippen molar-refractivity contribution in [3.05, 3.63) is 28.0 Å². The zero-order valence-corrected chi connectivity index (χ0v) is 14.0. The van der Waals surface area contributed by atoms with E-state index in [1.54, 1.807) is 6.92 Å². The Morgan fingerprint density at radius 3 is 2.71 bits per heavy atom. The number of halogens is 2. The monoisotopic (exact) mass is 378 g/mol. The molecule has 5 nitrogen and oxygen atoms in total. The van der Waals surface area contributed by atoms with Gasteiger partial charge in [0.1, 0.15) is 11.9 Å². The molecule has 0 aliphatic rings. The number of carbonyl (C=O) groups is 2. The number of benzene rings is 1. The van der Waals surface area contributed by atoms with Crippen molar-refractivity contribution >= 4 is 45.4 Å². The lowest BCUT2D eigenvalue weighted by Gasteiger charge is -2.15. The summed E-state index contributed by atoms with van der Waals surface area (Å²) in [7, 11) is 0. The lowest BCUT2D eigenvalue weighted by Crippen LogP contribution is -2.43. The summed E-state index contributed by atoms with van der Waals surface area (Å²) in [5, 5.41) is 13.9. The Morgan fingerprint density at radius 2 is 2.14 bits per heavy atom. The second-order valence-electron chi connectivity index (χ2n) is 4.35. The first-order valence-corrected chi connectivity index (χ1v) is 8.28. The summed E-state index contributed by atoms with van der Waals surface area (Å²) < 4.78 is 13.8. The maximum absolute atomic E-state index is 13.5. The first-order chi connectivity index (χ1) is 9.85. The van der Waals surface area contributed by atoms with Crippen LogP contribution in [0, 0.1) is 12.7 Å². The molecule has 8 heteroatoms. The van der Waals surface area contributed by atoms with Crippen LogP contribution in [-0.2, 0) is 4.79 Å². The van der Waals surface area contributed by atoms with Crippen molar-refractivity contribution in [2.75, 3.05) is 17.3 Å². The van der Waals surface area contributed by atoms with E-state index in [-0.39, 0.29) is 0 Å². The van der Waals surface area contributed by atoms with Crippen LogP contribution in [0.1, 0.15) is 12.0 Å². The number of carboxylic acid groups (broad SMARTS) is 1. The van der Waals surface area contributed by atoms with E-state index in [2.05, 4.69) is 26.6 Å². The van der Waals surface area contributed by atoms with Gasteiger partial charge in [0.25, 0.3) is 0 Å². The molecule has 1 rings (SSSR count). The zero-order chi connectivity index (χ0) is 16.0. The van der Waals surface area contributed by atoms with Crippen molar-refractivity contribution in [1.29, 1.82) is 0 Å². The SMILES string of the molecule is CSCC[C@@H](NC(=O)Nc1cc(F)c(Br)cc1C)C(=O)O. The van der Waals surface area contributed by atoms with Crippen LogP contribution in [0.25, 0.3) is 0 Å². The highest BCUT2D eigenvalue weighted by Crippen LogP contribution is 2.23. The van der Waals surface area contributed by atoms with E-state index < -0.39 is 23.9 Å². The molecule has 0 aliphatic carbocycles. The number of thioether (sulfide) groups is 1. The molecular weight excluding hydrogens is 363 g/mol. The molecule has 0 saturated carbocycles. The van der Waals surface area contributed by atoms with Gasteiger partial charge in [0, 0.05) is 5.69 Å². The highest BCUT2D eigenvalue weighted by atomic mass is 79.9. The van der Waals surface area contributed by atoms with Gasteiger partial charge in [-0.2, -0.15) is 11.8 Å². The predicted octanol–water partition coefficient (Wildman–Crippen LogP) is 3.22. The number of amides is 2. The number of urea groups is 1. The lowest BCUT2D eigenvalue weighted by molar-refractivity contribution is -0.139. The van der Waals surface area contributed by atoms with Crippen molar-refractivity contribution in [1.82, 2.24) is 5.32 Å². The molecule has 116 valence electrons. The number of nitrogens with one attached hydrogen (secondary N) is 2. The minimum absolute atomic E-state index is 0.294. The van der Waals surface area contributed by atoms with Gasteiger partial charge in [-0.15, -0.1) is 0 Å². The van der Waals surface area contributed by atoms with Crippen molar-refractivity contribution in [3.63, 3.8) is 0 Å². The second-order valence-corrected chi connectivity index (χ2v) is 6.19. The maximum Gasteiger partial charge on any atom is 0.326 e. The van der Waals surface area contributed by atoms with Gasteiger partial charge >= 0.3 is 12.0 Å². The zero-order valence-electron chi connectivity index (χ0n) is 11.6. The standard InChI is InChI=1S/C13H16BrFN2O3S/c1-7-5-8(14)9(15)6-11(7)17-13(20)16-10(12(18)19)3-4-21-2/h5-6,10H,3-4H2,1-2H3,(H,18,19)(H2,16,17,20)/t10-/m1/s1. The van der Waals surface area contributed by atoms with Gasteiger partial charge in [-0.25, -0.2) is 14.0 Å². The Bertz CT molecular complexity index is 542. The van der Waals surface area contributed by atoms with Crippen LogP contribution in [-0.4, -0.2) is 35.2 Å². The van der Waals surface area contributed by atoms with Gasteiger partial charge in [-0.1, -0.05) is 0 Å². The third-order valence-corrected chi connectivity index (χ3v) is 3.98. The summed E-state index contributed by atoms with van der Waals surface area (Å²) in [6, 6.07) is 1.07. The van der Waals surface area contributed by atoms with E-state index >= 15 is 0 Å². The molecule has 0 fully saturated rings. The number of hydrogen-bond donors (Lipinski definition) is 3. The molecule has 21 heavy (non-hydrogen) atoms. The van der Waals surface area contributed by atoms with Gasteiger partial charge in [-0.05, 0) is 59.0 Å². The lowest BCUT2D eigenvalue weighted by atomic mass is 10.2. The molecule has 3 N–H and O–H groups in total. The smallest absolute Gasteiger partial charge is 0.326 e. The van der Waals surface area contributed by atoms with Crippen LogP contribution < -0.4 is 10.6 Å². The number of hydrogen-bond acceptors (Lipinski definition) is 3. The number of anilines is 1. The predicted molar refractivity (Wildman–Crippen MR) is 85.4 cm³/mol. The highest BCUT2D eigenvalue weighted by molar-refractivity contribution is 9.10. The van der Waals surface area contributed by atoms with E-state index in [0.717, 1.165) is 0 Å². The number of aryl methyl sites for hydroxylation is 1. The van der Waals surface area contributed by atoms with Crippen LogP contribution in [0.4, 0.5) is 14.9 Å². The van der Waals surface area contributed by atoms with Gasteiger partial charge < -0.3 is 15.7 Å². The van der Waals surface area contributed by atoms with Gasteiger partial charge in [0.2, 0.25) is 0 Å². The van der Waals surface area contributed by atoms with Crippen molar-refractivity contribution in [2.45, 2.75) is 19.4 Å². The minimum Gasteiger partial charge on any atom is -0.480 e. The molecule has 0 radical (unpaired) electrons. The molecule has 0 unspecified atom stereocenters. The topological polar surface area (TPSA) is 78.4 Å². The Balaban J connectivity index is 2.72. The third-order valence-electron chi connectivity index (χ3n) is 2.73. The van der Waals surface area contributed by atoms with E-state index in [9.17, 15) is 14.0 Å². The van der Waals surface area contributed by atoms with Crippen LogP contribution in [0.2, 0.25) is 0 Å². The van der Waals surface area contributed by atoms with Crippen LogP contribution in [0.5, 0.6) is 0 Å². The third kappa shape index (κ3) is 5.55. The molecule has 0 aliphatic heterocycles. The molecule has 1 aromatic carbocycles. The quantitative estimate of drug-likeness (QED) is 0.709. The Labute approximate surface area is 134 Å². The van der Waals surface area contributed by atoms with Crippen molar-refractivity contribution in [2.24, 2.45) is 0 Å². The highest BCUT2D eigenvalue weighted by Gasteiger charge is 2.19. The molecule has 1 aromatic rings. The van der Waals surface area contributed by atoms with Crippen LogP contribution in [0.15, 0.2) is 16.6 Å². The summed E-state index contributed by atoms with van der Waals surface area (Å²) in [5.41, 5.74) is 0.955.